The number of hydrogen-bond donors (Lipinski definition) is 1. The molecule has 1 saturated heterocycles. The summed E-state index contributed by atoms with van der Waals surface area (Å²) in [6.07, 6.45) is 5.12. The molecule has 2 aliphatic heterocycles. The van der Waals surface area contributed by atoms with Crippen LogP contribution < -0.4 is 9.80 Å². The van der Waals surface area contributed by atoms with Crippen LogP contribution in [-0.2, 0) is 4.79 Å². The first kappa shape index (κ1) is 23.7. The molecule has 9 heteroatoms. The number of piperazine rings is 1. The topological polar surface area (TPSA) is 59.9 Å². The first-order valence-electron chi connectivity index (χ1n) is 12.1. The molecule has 1 spiro atoms. The van der Waals surface area contributed by atoms with Crippen LogP contribution in [0, 0.1) is 17.6 Å². The Morgan fingerprint density at radius 3 is 2.73 bits per heavy atom. The van der Waals surface area contributed by atoms with E-state index in [9.17, 15) is 14.3 Å². The summed E-state index contributed by atoms with van der Waals surface area (Å²) in [4.78, 5) is 23.3. The molecule has 0 saturated carbocycles. The van der Waals surface area contributed by atoms with Crippen molar-refractivity contribution in [2.45, 2.75) is 25.4 Å². The molecule has 37 heavy (non-hydrogen) atoms. The number of benzene rings is 2. The first-order chi connectivity index (χ1) is 17.6. The number of rotatable bonds is 2. The molecule has 3 atom stereocenters. The quantitative estimate of drug-likeness (QED) is 0.451. The van der Waals surface area contributed by atoms with Crippen LogP contribution in [0.3, 0.4) is 0 Å². The Morgan fingerprint density at radius 2 is 2.05 bits per heavy atom. The molecular weight excluding hydrogens is 498 g/mol. The SMILES string of the molecule is C=CC(=O)N1CC23C(=CC2C)N(C)c2cnc4c(F)c(-c5c(O)cccc5F)c(Cl)cc4c2N3C[C@H]1C. The van der Waals surface area contributed by atoms with Gasteiger partial charge in [-0.1, -0.05) is 37.2 Å². The molecule has 0 bridgehead atoms. The lowest BCUT2D eigenvalue weighted by Gasteiger charge is -2.65. The lowest BCUT2D eigenvalue weighted by atomic mass is 9.66. The second-order valence-electron chi connectivity index (χ2n) is 10.0. The summed E-state index contributed by atoms with van der Waals surface area (Å²) in [6, 6.07) is 5.24. The minimum absolute atomic E-state index is 0.0287. The second kappa shape index (κ2) is 7.92. The van der Waals surface area contributed by atoms with E-state index in [1.54, 1.807) is 12.3 Å². The fourth-order valence-corrected chi connectivity index (χ4v) is 6.57. The Balaban J connectivity index is 1.61. The predicted octanol–water partition coefficient (Wildman–Crippen LogP) is 5.48. The highest BCUT2D eigenvalue weighted by Crippen LogP contribution is 2.57. The van der Waals surface area contributed by atoms with Gasteiger partial charge in [0.2, 0.25) is 5.91 Å². The molecule has 190 valence electrons. The number of phenolic OH excluding ortho intramolecular Hbond substituents is 1. The van der Waals surface area contributed by atoms with Crippen molar-refractivity contribution in [2.75, 3.05) is 29.9 Å². The molecule has 3 heterocycles. The summed E-state index contributed by atoms with van der Waals surface area (Å²) in [6.45, 7) is 8.73. The van der Waals surface area contributed by atoms with Crippen LogP contribution in [0.15, 0.2) is 54.9 Å². The van der Waals surface area contributed by atoms with Crippen molar-refractivity contribution in [3.05, 3.63) is 71.5 Å². The number of carbonyl (C=O) groups is 1. The number of hydrogen-bond acceptors (Lipinski definition) is 5. The Bertz CT molecular complexity index is 1540. The predicted molar refractivity (Wildman–Crippen MR) is 141 cm³/mol. The van der Waals surface area contributed by atoms with Gasteiger partial charge in [-0.15, -0.1) is 0 Å². The van der Waals surface area contributed by atoms with Crippen molar-refractivity contribution in [1.29, 1.82) is 0 Å². The van der Waals surface area contributed by atoms with E-state index in [4.69, 9.17) is 11.6 Å². The van der Waals surface area contributed by atoms with Gasteiger partial charge in [0.05, 0.1) is 34.7 Å². The molecule has 1 fully saturated rings. The number of pyridine rings is 1. The van der Waals surface area contributed by atoms with Gasteiger partial charge in [-0.25, -0.2) is 8.78 Å². The van der Waals surface area contributed by atoms with Crippen molar-refractivity contribution < 1.29 is 18.7 Å². The van der Waals surface area contributed by atoms with Crippen LogP contribution in [0.5, 0.6) is 5.75 Å². The summed E-state index contributed by atoms with van der Waals surface area (Å²) >= 11 is 6.61. The number of aromatic hydroxyl groups is 1. The standard InChI is InChI=1S/C28H25ClF2N4O2/c1-5-22(37)34-13-28-14(2)9-21(28)33(4)19-11-32-26-16(27(19)35(28)12-15(34)3)10-17(29)23(25(26)31)24-18(30)7-6-8-20(24)36/h5-11,14-15,36H,1,12-13H2,2-4H3/t14?,15-,28?/m1/s1. The van der Waals surface area contributed by atoms with Gasteiger partial charge in [0.25, 0.3) is 0 Å². The maximum absolute atomic E-state index is 16.1. The lowest BCUT2D eigenvalue weighted by molar-refractivity contribution is -0.130. The number of carbonyl (C=O) groups excluding carboxylic acids is 1. The third-order valence-electron chi connectivity index (χ3n) is 8.17. The monoisotopic (exact) mass is 522 g/mol. The van der Waals surface area contributed by atoms with Crippen LogP contribution in [0.4, 0.5) is 20.2 Å². The van der Waals surface area contributed by atoms with E-state index in [-0.39, 0.29) is 39.5 Å². The molecule has 1 aromatic heterocycles. The van der Waals surface area contributed by atoms with Gasteiger partial charge in [0.1, 0.15) is 22.6 Å². The molecule has 3 aliphatic rings. The molecule has 1 N–H and O–H groups in total. The fourth-order valence-electron chi connectivity index (χ4n) is 6.29. The molecule has 6 nitrogen and oxygen atoms in total. The van der Waals surface area contributed by atoms with Gasteiger partial charge in [0, 0.05) is 42.2 Å². The van der Waals surface area contributed by atoms with E-state index >= 15 is 4.39 Å². The Morgan fingerprint density at radius 1 is 1.30 bits per heavy atom. The highest BCUT2D eigenvalue weighted by atomic mass is 35.5. The molecular formula is C28H25ClF2N4O2. The van der Waals surface area contributed by atoms with E-state index in [0.29, 0.717) is 18.5 Å². The zero-order valence-corrected chi connectivity index (χ0v) is 21.4. The van der Waals surface area contributed by atoms with Gasteiger partial charge >= 0.3 is 0 Å². The molecule has 1 aliphatic carbocycles. The van der Waals surface area contributed by atoms with E-state index < -0.39 is 22.9 Å². The van der Waals surface area contributed by atoms with E-state index in [1.165, 1.54) is 18.2 Å². The van der Waals surface area contributed by atoms with Gasteiger partial charge in [-0.05, 0) is 31.2 Å². The van der Waals surface area contributed by atoms with E-state index in [2.05, 4.69) is 29.5 Å². The number of halogens is 3. The summed E-state index contributed by atoms with van der Waals surface area (Å²) < 4.78 is 30.8. The third kappa shape index (κ3) is 2.96. The highest BCUT2D eigenvalue weighted by molar-refractivity contribution is 6.34. The molecule has 6 rings (SSSR count). The Hall–Kier alpha value is -3.65. The zero-order chi connectivity index (χ0) is 26.4. The summed E-state index contributed by atoms with van der Waals surface area (Å²) in [5.74, 6) is -2.02. The first-order valence-corrected chi connectivity index (χ1v) is 12.4. The third-order valence-corrected chi connectivity index (χ3v) is 8.47. The number of amides is 1. The number of likely N-dealkylation sites (N-methyl/N-ethyl adjacent to an activating group) is 1. The lowest BCUT2D eigenvalue weighted by Crippen LogP contribution is -2.75. The van der Waals surface area contributed by atoms with Crippen molar-refractivity contribution in [2.24, 2.45) is 5.92 Å². The summed E-state index contributed by atoms with van der Waals surface area (Å²) in [5.41, 5.74) is 1.59. The van der Waals surface area contributed by atoms with Gasteiger partial charge in [-0.3, -0.25) is 9.78 Å². The average molecular weight is 523 g/mol. The van der Waals surface area contributed by atoms with Crippen molar-refractivity contribution in [3.8, 4) is 16.9 Å². The fraction of sp³-hybridized carbons (Fsp3) is 0.286. The number of nitrogens with zero attached hydrogens (tertiary/aromatic N) is 4. The van der Waals surface area contributed by atoms with Gasteiger partial charge in [-0.2, -0.15) is 0 Å². The second-order valence-corrected chi connectivity index (χ2v) is 10.4. The van der Waals surface area contributed by atoms with Crippen LogP contribution in [0.1, 0.15) is 13.8 Å². The maximum Gasteiger partial charge on any atom is 0.246 e. The zero-order valence-electron chi connectivity index (χ0n) is 20.6. The Labute approximate surface area is 218 Å². The molecule has 2 aromatic carbocycles. The summed E-state index contributed by atoms with van der Waals surface area (Å²) in [5, 5.41) is 10.8. The average Bonchev–Trinajstić information content (AvgIpc) is 2.86. The van der Waals surface area contributed by atoms with Crippen molar-refractivity contribution >= 4 is 39.8 Å². The van der Waals surface area contributed by atoms with Crippen LogP contribution in [0.25, 0.3) is 22.0 Å². The molecule has 3 aromatic rings. The highest BCUT2D eigenvalue weighted by Gasteiger charge is 2.59. The van der Waals surface area contributed by atoms with Crippen LogP contribution in [-0.4, -0.2) is 52.6 Å². The smallest absolute Gasteiger partial charge is 0.246 e. The molecule has 1 amide bonds. The van der Waals surface area contributed by atoms with Crippen LogP contribution >= 0.6 is 11.6 Å². The van der Waals surface area contributed by atoms with E-state index in [1.807, 2.05) is 23.8 Å². The largest absolute Gasteiger partial charge is 0.507 e. The number of fused-ring (bicyclic) bond motifs is 4. The number of phenols is 1. The number of aromatic nitrogens is 1. The van der Waals surface area contributed by atoms with Crippen molar-refractivity contribution in [3.63, 3.8) is 0 Å². The van der Waals surface area contributed by atoms with Crippen LogP contribution in [0.2, 0.25) is 5.02 Å². The van der Waals surface area contributed by atoms with Gasteiger partial charge in [0.15, 0.2) is 5.82 Å². The Kier molecular flexibility index (Phi) is 5.08. The molecule has 0 radical (unpaired) electrons. The minimum Gasteiger partial charge on any atom is -0.507 e. The van der Waals surface area contributed by atoms with Crippen molar-refractivity contribution in [1.82, 2.24) is 9.88 Å². The van der Waals surface area contributed by atoms with E-state index in [0.717, 1.165) is 23.1 Å². The van der Waals surface area contributed by atoms with Gasteiger partial charge < -0.3 is 19.8 Å². The maximum atomic E-state index is 16.1. The molecule has 2 unspecified atom stereocenters. The minimum atomic E-state index is -0.807. The normalized spacial score (nSPS) is 24.2. The summed E-state index contributed by atoms with van der Waals surface area (Å²) in [7, 11) is 1.94. The number of anilines is 2.